The number of benzene rings is 2. The molecule has 5 nitrogen and oxygen atoms in total. The van der Waals surface area contributed by atoms with Gasteiger partial charge in [0, 0.05) is 11.8 Å². The molecule has 3 aromatic rings. The van der Waals surface area contributed by atoms with E-state index in [2.05, 4.69) is 30.5 Å². The molecule has 150 valence electrons. The molecule has 0 spiro atoms. The van der Waals surface area contributed by atoms with Gasteiger partial charge in [-0.2, -0.15) is 0 Å². The van der Waals surface area contributed by atoms with Crippen molar-refractivity contribution in [2.24, 2.45) is 0 Å². The molecule has 3 rings (SSSR count). The van der Waals surface area contributed by atoms with Crippen LogP contribution in [0.4, 0.5) is 5.69 Å². The molecule has 0 unspecified atom stereocenters. The maximum Gasteiger partial charge on any atom is 0.255 e. The lowest BCUT2D eigenvalue weighted by Crippen LogP contribution is -2.13. The van der Waals surface area contributed by atoms with Gasteiger partial charge in [0.15, 0.2) is 0 Å². The van der Waals surface area contributed by atoms with E-state index < -0.39 is 10.0 Å². The largest absolute Gasteiger partial charge is 0.437 e. The molecular formula is C23H24N2O3S. The highest BCUT2D eigenvalue weighted by Gasteiger charge is 2.20. The van der Waals surface area contributed by atoms with Gasteiger partial charge in [-0.1, -0.05) is 69.3 Å². The van der Waals surface area contributed by atoms with E-state index in [1.165, 1.54) is 6.08 Å². The van der Waals surface area contributed by atoms with Crippen LogP contribution in [-0.4, -0.2) is 13.4 Å². The van der Waals surface area contributed by atoms with Gasteiger partial charge < -0.3 is 4.74 Å². The summed E-state index contributed by atoms with van der Waals surface area (Å²) in [4.78, 5) is 4.23. The smallest absolute Gasteiger partial charge is 0.255 e. The van der Waals surface area contributed by atoms with E-state index in [4.69, 9.17) is 4.74 Å². The van der Waals surface area contributed by atoms with Crippen molar-refractivity contribution in [3.8, 4) is 11.6 Å². The molecule has 6 heteroatoms. The first-order chi connectivity index (χ1) is 13.7. The van der Waals surface area contributed by atoms with Gasteiger partial charge in [-0.05, 0) is 35.3 Å². The molecule has 0 saturated heterocycles. The van der Waals surface area contributed by atoms with Gasteiger partial charge in [-0.3, -0.25) is 4.72 Å². The van der Waals surface area contributed by atoms with Gasteiger partial charge in [-0.15, -0.1) is 0 Å². The molecule has 29 heavy (non-hydrogen) atoms. The summed E-state index contributed by atoms with van der Waals surface area (Å²) in [6.45, 7) is 6.27. The average Bonchev–Trinajstić information content (AvgIpc) is 2.68. The zero-order valence-corrected chi connectivity index (χ0v) is 17.5. The fraction of sp³-hybridized carbons (Fsp3) is 0.174. The van der Waals surface area contributed by atoms with Crippen LogP contribution in [0.2, 0.25) is 0 Å². The van der Waals surface area contributed by atoms with E-state index in [1.807, 2.05) is 54.6 Å². The predicted octanol–water partition coefficient (Wildman–Crippen LogP) is 5.58. The standard InChI is InChI=1S/C23H24N2O3S/c1-23(2,3)19-12-7-8-14-21(19)28-22-20(13-9-16-24-22)25-29(26,27)17-15-18-10-5-4-6-11-18/h4-17,25H,1-3H3. The Morgan fingerprint density at radius 1 is 0.931 bits per heavy atom. The maximum absolute atomic E-state index is 12.5. The maximum atomic E-state index is 12.5. The highest BCUT2D eigenvalue weighted by molar-refractivity contribution is 7.95. The number of rotatable bonds is 6. The van der Waals surface area contributed by atoms with E-state index in [1.54, 1.807) is 18.3 Å². The Labute approximate surface area is 172 Å². The van der Waals surface area contributed by atoms with Crippen molar-refractivity contribution in [3.63, 3.8) is 0 Å². The number of anilines is 1. The minimum absolute atomic E-state index is 0.135. The Balaban J connectivity index is 1.86. The molecule has 0 saturated carbocycles. The van der Waals surface area contributed by atoms with Crippen LogP contribution in [0.25, 0.3) is 6.08 Å². The minimum atomic E-state index is -3.74. The molecule has 1 aromatic heterocycles. The highest BCUT2D eigenvalue weighted by Crippen LogP contribution is 2.35. The number of sulfonamides is 1. The fourth-order valence-electron chi connectivity index (χ4n) is 2.75. The second-order valence-corrected chi connectivity index (χ2v) is 9.13. The number of para-hydroxylation sites is 1. The lowest BCUT2D eigenvalue weighted by Gasteiger charge is -2.22. The van der Waals surface area contributed by atoms with E-state index in [0.717, 1.165) is 16.5 Å². The summed E-state index contributed by atoms with van der Waals surface area (Å²) in [6.07, 6.45) is 3.10. The van der Waals surface area contributed by atoms with Crippen LogP contribution in [0.15, 0.2) is 78.3 Å². The Hall–Kier alpha value is -3.12. The average molecular weight is 409 g/mol. The number of pyridine rings is 1. The van der Waals surface area contributed by atoms with Crippen LogP contribution in [0, 0.1) is 0 Å². The van der Waals surface area contributed by atoms with Crippen molar-refractivity contribution in [3.05, 3.63) is 89.5 Å². The molecule has 0 atom stereocenters. The molecule has 1 heterocycles. The van der Waals surface area contributed by atoms with Crippen molar-refractivity contribution in [1.82, 2.24) is 4.98 Å². The first-order valence-electron chi connectivity index (χ1n) is 9.23. The summed E-state index contributed by atoms with van der Waals surface area (Å²) in [5.74, 6) is 0.833. The molecule has 0 fully saturated rings. The summed E-state index contributed by atoms with van der Waals surface area (Å²) in [5, 5.41) is 1.13. The van der Waals surface area contributed by atoms with Crippen LogP contribution in [0.1, 0.15) is 31.9 Å². The molecular weight excluding hydrogens is 384 g/mol. The van der Waals surface area contributed by atoms with E-state index >= 15 is 0 Å². The fourth-order valence-corrected chi connectivity index (χ4v) is 3.62. The lowest BCUT2D eigenvalue weighted by atomic mass is 9.86. The molecule has 0 amide bonds. The number of nitrogens with one attached hydrogen (secondary N) is 1. The highest BCUT2D eigenvalue weighted by atomic mass is 32.2. The van der Waals surface area contributed by atoms with Crippen molar-refractivity contribution < 1.29 is 13.2 Å². The number of ether oxygens (including phenoxy) is 1. The summed E-state index contributed by atoms with van der Waals surface area (Å²) in [6, 6.07) is 20.2. The van der Waals surface area contributed by atoms with E-state index in [-0.39, 0.29) is 17.0 Å². The summed E-state index contributed by atoms with van der Waals surface area (Å²) >= 11 is 0. The zero-order valence-electron chi connectivity index (χ0n) is 16.7. The third kappa shape index (κ3) is 5.68. The van der Waals surface area contributed by atoms with Crippen LogP contribution < -0.4 is 9.46 Å². The van der Waals surface area contributed by atoms with Gasteiger partial charge in [0.05, 0.1) is 5.41 Å². The minimum Gasteiger partial charge on any atom is -0.437 e. The normalized spacial score (nSPS) is 12.1. The van der Waals surface area contributed by atoms with E-state index in [9.17, 15) is 8.42 Å². The number of hydrogen-bond donors (Lipinski definition) is 1. The van der Waals surface area contributed by atoms with Crippen LogP contribution >= 0.6 is 0 Å². The van der Waals surface area contributed by atoms with Gasteiger partial charge >= 0.3 is 0 Å². The van der Waals surface area contributed by atoms with Crippen LogP contribution in [0.3, 0.4) is 0 Å². The number of hydrogen-bond acceptors (Lipinski definition) is 4. The van der Waals surface area contributed by atoms with Crippen molar-refractivity contribution in [2.75, 3.05) is 4.72 Å². The zero-order chi connectivity index (χ0) is 20.9. The Kier molecular flexibility index (Phi) is 6.03. The van der Waals surface area contributed by atoms with Crippen molar-refractivity contribution in [2.45, 2.75) is 26.2 Å². The van der Waals surface area contributed by atoms with E-state index in [0.29, 0.717) is 5.75 Å². The SMILES string of the molecule is CC(C)(C)c1ccccc1Oc1ncccc1NS(=O)(=O)C=Cc1ccccc1. The van der Waals surface area contributed by atoms with Gasteiger partial charge in [0.2, 0.25) is 5.88 Å². The number of nitrogens with zero attached hydrogens (tertiary/aromatic N) is 1. The second-order valence-electron chi connectivity index (χ2n) is 7.56. The first-order valence-corrected chi connectivity index (χ1v) is 10.8. The third-order valence-corrected chi connectivity index (χ3v) is 5.16. The molecule has 1 N–H and O–H groups in total. The van der Waals surface area contributed by atoms with Crippen LogP contribution in [-0.2, 0) is 15.4 Å². The van der Waals surface area contributed by atoms with Gasteiger partial charge in [0.1, 0.15) is 11.4 Å². The molecule has 0 aliphatic rings. The quantitative estimate of drug-likeness (QED) is 0.578. The second kappa shape index (κ2) is 8.49. The summed E-state index contributed by atoms with van der Waals surface area (Å²) < 4.78 is 33.6. The molecule has 0 radical (unpaired) electrons. The topological polar surface area (TPSA) is 68.3 Å². The van der Waals surface area contributed by atoms with Crippen LogP contribution in [0.5, 0.6) is 11.6 Å². The summed E-state index contributed by atoms with van der Waals surface area (Å²) in [7, 11) is -3.74. The monoisotopic (exact) mass is 408 g/mol. The lowest BCUT2D eigenvalue weighted by molar-refractivity contribution is 0.442. The van der Waals surface area contributed by atoms with Crippen molar-refractivity contribution >= 4 is 21.8 Å². The molecule has 0 aliphatic heterocycles. The Morgan fingerprint density at radius 2 is 1.62 bits per heavy atom. The first kappa shape index (κ1) is 20.6. The Bertz CT molecular complexity index is 1100. The van der Waals surface area contributed by atoms with Gasteiger partial charge in [0.25, 0.3) is 10.0 Å². The summed E-state index contributed by atoms with van der Waals surface area (Å²) in [5.41, 5.74) is 1.93. The molecule has 0 bridgehead atoms. The number of aromatic nitrogens is 1. The third-order valence-electron chi connectivity index (χ3n) is 4.16. The molecule has 0 aliphatic carbocycles. The Morgan fingerprint density at radius 3 is 2.34 bits per heavy atom. The van der Waals surface area contributed by atoms with Gasteiger partial charge in [-0.25, -0.2) is 13.4 Å². The molecule has 2 aromatic carbocycles. The van der Waals surface area contributed by atoms with Crippen molar-refractivity contribution in [1.29, 1.82) is 0 Å². The predicted molar refractivity (Wildman–Crippen MR) is 117 cm³/mol.